The number of amides is 1. The molecular formula is C14H26N2O3S. The van der Waals surface area contributed by atoms with E-state index in [9.17, 15) is 9.59 Å². The molecule has 0 saturated carbocycles. The fourth-order valence-electron chi connectivity index (χ4n) is 2.09. The van der Waals surface area contributed by atoms with Crippen molar-refractivity contribution in [2.24, 2.45) is 0 Å². The van der Waals surface area contributed by atoms with Crippen LogP contribution in [-0.2, 0) is 9.53 Å². The highest BCUT2D eigenvalue weighted by Crippen LogP contribution is 2.13. The second-order valence-electron chi connectivity index (χ2n) is 6.10. The van der Waals surface area contributed by atoms with Gasteiger partial charge in [-0.25, -0.2) is 4.79 Å². The predicted molar refractivity (Wildman–Crippen MR) is 82.0 cm³/mol. The Morgan fingerprint density at radius 1 is 1.30 bits per heavy atom. The highest BCUT2D eigenvalue weighted by atomic mass is 32.2. The van der Waals surface area contributed by atoms with Crippen molar-refractivity contribution in [1.82, 2.24) is 10.2 Å². The summed E-state index contributed by atoms with van der Waals surface area (Å²) < 4.78 is 5.25. The number of nitrogens with one attached hydrogen (secondary N) is 1. The summed E-state index contributed by atoms with van der Waals surface area (Å²) in [4.78, 5) is 24.9. The van der Waals surface area contributed by atoms with Crippen LogP contribution >= 0.6 is 11.8 Å². The van der Waals surface area contributed by atoms with E-state index in [1.165, 1.54) is 11.8 Å². The van der Waals surface area contributed by atoms with Gasteiger partial charge in [0.05, 0.1) is 0 Å². The summed E-state index contributed by atoms with van der Waals surface area (Å²) in [5.74, 6) is 0.847. The molecule has 0 aromatic heterocycles. The molecule has 1 rings (SSSR count). The zero-order valence-corrected chi connectivity index (χ0v) is 13.7. The molecule has 1 aliphatic rings. The average Bonchev–Trinajstić information content (AvgIpc) is 2.28. The number of thioether (sulfide) groups is 1. The Bertz CT molecular complexity index is 334. The minimum Gasteiger partial charge on any atom is -0.444 e. The number of carbonyl (C=O) groups excluding carboxylic acids is 2. The summed E-state index contributed by atoms with van der Waals surface area (Å²) in [6.45, 7) is 10.0. The van der Waals surface area contributed by atoms with Crippen LogP contribution in [0.5, 0.6) is 0 Å². The van der Waals surface area contributed by atoms with Crippen molar-refractivity contribution >= 4 is 23.0 Å². The lowest BCUT2D eigenvalue weighted by Gasteiger charge is -2.32. The third-order valence-electron chi connectivity index (χ3n) is 3.02. The standard InChI is InChI=1S/C14H26N2O3S/c1-11(17)20-10-9-16-7-5-12(6-8-16)15-13(18)19-14(2,3)4/h12H,5-10H2,1-4H3,(H,15,18). The van der Waals surface area contributed by atoms with Gasteiger partial charge in [0.1, 0.15) is 5.60 Å². The predicted octanol–water partition coefficient (Wildman–Crippen LogP) is 2.26. The van der Waals surface area contributed by atoms with Crippen LogP contribution in [0.15, 0.2) is 0 Å². The van der Waals surface area contributed by atoms with E-state index in [1.807, 2.05) is 20.8 Å². The van der Waals surface area contributed by atoms with Gasteiger partial charge in [-0.15, -0.1) is 0 Å². The van der Waals surface area contributed by atoms with Gasteiger partial charge in [-0.1, -0.05) is 11.8 Å². The SMILES string of the molecule is CC(=O)SCCN1CCC(NC(=O)OC(C)(C)C)CC1. The van der Waals surface area contributed by atoms with Crippen molar-refractivity contribution in [3.05, 3.63) is 0 Å². The highest BCUT2D eigenvalue weighted by Gasteiger charge is 2.23. The van der Waals surface area contributed by atoms with Crippen LogP contribution in [0.25, 0.3) is 0 Å². The largest absolute Gasteiger partial charge is 0.444 e. The lowest BCUT2D eigenvalue weighted by molar-refractivity contribution is -0.109. The molecule has 0 radical (unpaired) electrons. The zero-order chi connectivity index (χ0) is 15.2. The summed E-state index contributed by atoms with van der Waals surface area (Å²) in [5, 5.41) is 3.10. The van der Waals surface area contributed by atoms with E-state index in [0.717, 1.165) is 38.2 Å². The first-order chi connectivity index (χ1) is 9.26. The average molecular weight is 302 g/mol. The van der Waals surface area contributed by atoms with Crippen LogP contribution < -0.4 is 5.32 Å². The van der Waals surface area contributed by atoms with E-state index in [-0.39, 0.29) is 17.3 Å². The van der Waals surface area contributed by atoms with Crippen LogP contribution in [0.4, 0.5) is 4.79 Å². The molecule has 20 heavy (non-hydrogen) atoms. The summed E-state index contributed by atoms with van der Waals surface area (Å²) in [5.41, 5.74) is -0.450. The molecule has 0 unspecified atom stereocenters. The van der Waals surface area contributed by atoms with Crippen LogP contribution in [-0.4, -0.2) is 53.1 Å². The summed E-state index contributed by atoms with van der Waals surface area (Å²) >= 11 is 1.37. The second kappa shape index (κ2) is 7.88. The number of carbonyl (C=O) groups is 2. The molecule has 0 spiro atoms. The van der Waals surface area contributed by atoms with E-state index >= 15 is 0 Å². The normalized spacial score (nSPS) is 17.8. The van der Waals surface area contributed by atoms with E-state index in [1.54, 1.807) is 6.92 Å². The molecular weight excluding hydrogens is 276 g/mol. The van der Waals surface area contributed by atoms with Gasteiger partial charge in [0, 0.05) is 38.4 Å². The summed E-state index contributed by atoms with van der Waals surface area (Å²) in [6.07, 6.45) is 1.54. The van der Waals surface area contributed by atoms with E-state index in [2.05, 4.69) is 10.2 Å². The van der Waals surface area contributed by atoms with E-state index in [0.29, 0.717) is 0 Å². The zero-order valence-electron chi connectivity index (χ0n) is 12.9. The molecule has 1 N–H and O–H groups in total. The second-order valence-corrected chi connectivity index (χ2v) is 7.37. The number of alkyl carbamates (subject to hydrolysis) is 1. The molecule has 0 aromatic carbocycles. The number of rotatable bonds is 4. The molecule has 1 aliphatic heterocycles. The van der Waals surface area contributed by atoms with Crippen LogP contribution in [0, 0.1) is 0 Å². The third-order valence-corrected chi connectivity index (χ3v) is 3.81. The Morgan fingerprint density at radius 2 is 1.90 bits per heavy atom. The fraction of sp³-hybridized carbons (Fsp3) is 0.857. The molecule has 5 nitrogen and oxygen atoms in total. The number of likely N-dealkylation sites (tertiary alicyclic amines) is 1. The first kappa shape index (κ1) is 17.3. The van der Waals surface area contributed by atoms with Crippen molar-refractivity contribution < 1.29 is 14.3 Å². The van der Waals surface area contributed by atoms with Crippen molar-refractivity contribution in [2.45, 2.75) is 52.2 Å². The van der Waals surface area contributed by atoms with Crippen molar-refractivity contribution in [2.75, 3.05) is 25.4 Å². The van der Waals surface area contributed by atoms with Crippen LogP contribution in [0.2, 0.25) is 0 Å². The van der Waals surface area contributed by atoms with Gasteiger partial charge in [-0.3, -0.25) is 4.79 Å². The molecule has 1 fully saturated rings. The maximum absolute atomic E-state index is 11.7. The Morgan fingerprint density at radius 3 is 2.40 bits per heavy atom. The van der Waals surface area contributed by atoms with E-state index in [4.69, 9.17) is 4.74 Å². The first-order valence-electron chi connectivity index (χ1n) is 7.11. The quantitative estimate of drug-likeness (QED) is 0.863. The number of hydrogen-bond acceptors (Lipinski definition) is 5. The Hall–Kier alpha value is -0.750. The van der Waals surface area contributed by atoms with Crippen molar-refractivity contribution in [3.8, 4) is 0 Å². The molecule has 116 valence electrons. The van der Waals surface area contributed by atoms with Crippen LogP contribution in [0.1, 0.15) is 40.5 Å². The van der Waals surface area contributed by atoms with E-state index < -0.39 is 5.60 Å². The van der Waals surface area contributed by atoms with Gasteiger partial charge in [0.2, 0.25) is 0 Å². The number of piperidine rings is 1. The maximum Gasteiger partial charge on any atom is 0.407 e. The number of hydrogen-bond donors (Lipinski definition) is 1. The van der Waals surface area contributed by atoms with Crippen molar-refractivity contribution in [3.63, 3.8) is 0 Å². The topological polar surface area (TPSA) is 58.6 Å². The minimum atomic E-state index is -0.450. The molecule has 0 atom stereocenters. The summed E-state index contributed by atoms with van der Waals surface area (Å²) in [7, 11) is 0. The molecule has 0 aromatic rings. The maximum atomic E-state index is 11.7. The van der Waals surface area contributed by atoms with Gasteiger partial charge < -0.3 is 15.0 Å². The van der Waals surface area contributed by atoms with Gasteiger partial charge in [0.15, 0.2) is 5.12 Å². The number of nitrogens with zero attached hydrogens (tertiary/aromatic N) is 1. The van der Waals surface area contributed by atoms with Gasteiger partial charge in [-0.05, 0) is 33.6 Å². The van der Waals surface area contributed by atoms with Crippen LogP contribution in [0.3, 0.4) is 0 Å². The lowest BCUT2D eigenvalue weighted by Crippen LogP contribution is -2.46. The number of ether oxygens (including phenoxy) is 1. The summed E-state index contributed by atoms with van der Waals surface area (Å²) in [6, 6.07) is 0.196. The Labute approximate surface area is 125 Å². The fourth-order valence-corrected chi connectivity index (χ4v) is 2.73. The highest BCUT2D eigenvalue weighted by molar-refractivity contribution is 8.13. The first-order valence-corrected chi connectivity index (χ1v) is 8.10. The molecule has 6 heteroatoms. The van der Waals surface area contributed by atoms with Gasteiger partial charge in [-0.2, -0.15) is 0 Å². The van der Waals surface area contributed by atoms with Crippen molar-refractivity contribution in [1.29, 1.82) is 0 Å². The molecule has 0 aliphatic carbocycles. The third kappa shape index (κ3) is 7.75. The van der Waals surface area contributed by atoms with Gasteiger partial charge in [0.25, 0.3) is 0 Å². The molecule has 1 amide bonds. The minimum absolute atomic E-state index is 0.173. The monoisotopic (exact) mass is 302 g/mol. The molecule has 1 heterocycles. The lowest BCUT2D eigenvalue weighted by atomic mass is 10.1. The Balaban J connectivity index is 2.18. The molecule has 0 bridgehead atoms. The smallest absolute Gasteiger partial charge is 0.407 e. The molecule has 1 saturated heterocycles. The Kier molecular flexibility index (Phi) is 6.82. The van der Waals surface area contributed by atoms with Gasteiger partial charge >= 0.3 is 6.09 Å².